The number of H-pyrrole nitrogens is 2. The summed E-state index contributed by atoms with van der Waals surface area (Å²) in [7, 11) is 0. The van der Waals surface area contributed by atoms with Crippen molar-refractivity contribution in [1.82, 2.24) is 15.2 Å². The molecule has 20 heavy (non-hydrogen) atoms. The first-order chi connectivity index (χ1) is 9.66. The second-order valence-corrected chi connectivity index (χ2v) is 4.60. The van der Waals surface area contributed by atoms with E-state index in [4.69, 9.17) is 5.73 Å². The van der Waals surface area contributed by atoms with Crippen LogP contribution in [0.1, 0.15) is 5.56 Å². The second kappa shape index (κ2) is 4.70. The van der Waals surface area contributed by atoms with Crippen LogP contribution in [-0.2, 0) is 0 Å². The van der Waals surface area contributed by atoms with E-state index >= 15 is 0 Å². The summed E-state index contributed by atoms with van der Waals surface area (Å²) < 4.78 is 0. The Bertz CT molecular complexity index is 816. The van der Waals surface area contributed by atoms with Crippen molar-refractivity contribution in [2.75, 3.05) is 5.73 Å². The van der Waals surface area contributed by atoms with Crippen LogP contribution in [0, 0.1) is 6.92 Å². The van der Waals surface area contributed by atoms with Crippen molar-refractivity contribution >= 4 is 5.82 Å². The predicted molar refractivity (Wildman–Crippen MR) is 79.2 cm³/mol. The Balaban J connectivity index is 2.26. The van der Waals surface area contributed by atoms with E-state index in [2.05, 4.69) is 15.2 Å². The van der Waals surface area contributed by atoms with E-state index < -0.39 is 0 Å². The van der Waals surface area contributed by atoms with Gasteiger partial charge < -0.3 is 10.7 Å². The van der Waals surface area contributed by atoms with Gasteiger partial charge in [-0.25, -0.2) is 0 Å². The highest BCUT2D eigenvalue weighted by molar-refractivity contribution is 5.87. The normalized spacial score (nSPS) is 10.7. The molecule has 3 rings (SSSR count). The third kappa shape index (κ3) is 1.99. The number of nitrogen functional groups attached to an aromatic ring is 1. The number of nitrogens with zero attached hydrogens (tertiary/aromatic N) is 1. The first-order valence-electron chi connectivity index (χ1n) is 6.26. The van der Waals surface area contributed by atoms with Crippen molar-refractivity contribution in [3.8, 4) is 22.5 Å². The number of rotatable bonds is 2. The fraction of sp³-hybridized carbons (Fsp3) is 0.0667. The zero-order chi connectivity index (χ0) is 14.1. The molecule has 0 fully saturated rings. The van der Waals surface area contributed by atoms with Gasteiger partial charge in [0.25, 0.3) is 0 Å². The van der Waals surface area contributed by atoms with Gasteiger partial charge in [-0.2, -0.15) is 5.10 Å². The minimum Gasteiger partial charge on any atom is -0.382 e. The molecule has 0 unspecified atom stereocenters. The fourth-order valence-corrected chi connectivity index (χ4v) is 2.27. The summed E-state index contributed by atoms with van der Waals surface area (Å²) >= 11 is 0. The van der Waals surface area contributed by atoms with Crippen molar-refractivity contribution in [3.63, 3.8) is 0 Å². The summed E-state index contributed by atoms with van der Waals surface area (Å²) in [5.74, 6) is 0.416. The second-order valence-electron chi connectivity index (χ2n) is 4.60. The lowest BCUT2D eigenvalue weighted by molar-refractivity contribution is 1.09. The third-order valence-corrected chi connectivity index (χ3v) is 3.25. The largest absolute Gasteiger partial charge is 0.382 e. The lowest BCUT2D eigenvalue weighted by atomic mass is 9.99. The number of nitrogens with one attached hydrogen (secondary N) is 2. The molecule has 0 aliphatic rings. The molecule has 0 saturated heterocycles. The lowest BCUT2D eigenvalue weighted by Crippen LogP contribution is -2.04. The van der Waals surface area contributed by atoms with Gasteiger partial charge in [-0.1, -0.05) is 30.3 Å². The van der Waals surface area contributed by atoms with E-state index in [1.165, 1.54) is 6.07 Å². The van der Waals surface area contributed by atoms with Gasteiger partial charge in [-0.3, -0.25) is 9.89 Å². The van der Waals surface area contributed by atoms with Gasteiger partial charge in [-0.15, -0.1) is 0 Å². The van der Waals surface area contributed by atoms with Gasteiger partial charge in [0.2, 0.25) is 5.56 Å². The molecular weight excluding hydrogens is 252 g/mol. The van der Waals surface area contributed by atoms with Gasteiger partial charge in [0.15, 0.2) is 5.82 Å². The van der Waals surface area contributed by atoms with Crippen LogP contribution in [0.15, 0.2) is 47.3 Å². The number of anilines is 1. The maximum absolute atomic E-state index is 11.5. The van der Waals surface area contributed by atoms with E-state index in [0.29, 0.717) is 11.5 Å². The molecule has 0 aliphatic carbocycles. The number of aromatic amines is 2. The van der Waals surface area contributed by atoms with Crippen LogP contribution in [0.3, 0.4) is 0 Å². The van der Waals surface area contributed by atoms with Crippen molar-refractivity contribution in [2.45, 2.75) is 6.92 Å². The monoisotopic (exact) mass is 266 g/mol. The molecule has 0 radical (unpaired) electrons. The topological polar surface area (TPSA) is 87.6 Å². The number of aromatic nitrogens is 3. The van der Waals surface area contributed by atoms with Gasteiger partial charge in [0.1, 0.15) is 0 Å². The summed E-state index contributed by atoms with van der Waals surface area (Å²) in [6.45, 7) is 2.01. The minimum atomic E-state index is -0.161. The Morgan fingerprint density at radius 1 is 1.10 bits per heavy atom. The van der Waals surface area contributed by atoms with Crippen molar-refractivity contribution in [3.05, 3.63) is 58.4 Å². The predicted octanol–water partition coefficient (Wildman–Crippen LogP) is 2.32. The third-order valence-electron chi connectivity index (χ3n) is 3.25. The van der Waals surface area contributed by atoms with E-state index in [1.807, 2.05) is 37.3 Å². The highest BCUT2D eigenvalue weighted by Crippen LogP contribution is 2.35. The summed E-state index contributed by atoms with van der Waals surface area (Å²) in [6, 6.07) is 12.9. The van der Waals surface area contributed by atoms with Crippen LogP contribution in [0.25, 0.3) is 22.5 Å². The Hall–Kier alpha value is -2.82. The van der Waals surface area contributed by atoms with Crippen LogP contribution in [0.4, 0.5) is 5.82 Å². The molecule has 0 bridgehead atoms. The number of aryl methyl sites for hydroxylation is 1. The molecule has 5 nitrogen and oxygen atoms in total. The Kier molecular flexibility index (Phi) is 2.87. The van der Waals surface area contributed by atoms with E-state index in [-0.39, 0.29) is 5.56 Å². The van der Waals surface area contributed by atoms with Gasteiger partial charge >= 0.3 is 0 Å². The van der Waals surface area contributed by atoms with Gasteiger partial charge in [0, 0.05) is 6.07 Å². The molecule has 5 heteroatoms. The van der Waals surface area contributed by atoms with Crippen molar-refractivity contribution < 1.29 is 0 Å². The molecule has 4 N–H and O–H groups in total. The Morgan fingerprint density at radius 3 is 2.65 bits per heavy atom. The molecule has 0 aliphatic heterocycles. The molecule has 2 heterocycles. The van der Waals surface area contributed by atoms with Gasteiger partial charge in [0.05, 0.1) is 17.0 Å². The highest BCUT2D eigenvalue weighted by Gasteiger charge is 2.16. The van der Waals surface area contributed by atoms with E-state index in [9.17, 15) is 4.79 Å². The number of hydrogen-bond acceptors (Lipinski definition) is 3. The molecule has 0 spiro atoms. The average molecular weight is 266 g/mol. The van der Waals surface area contributed by atoms with Crippen LogP contribution in [-0.4, -0.2) is 15.2 Å². The van der Waals surface area contributed by atoms with Crippen molar-refractivity contribution in [1.29, 1.82) is 0 Å². The molecule has 3 aromatic rings. The number of benzene rings is 1. The molecule has 0 atom stereocenters. The molecule has 0 amide bonds. The van der Waals surface area contributed by atoms with E-state index in [1.54, 1.807) is 6.07 Å². The standard InChI is InChI=1S/C15H14N4O/c1-9-5-2-3-6-10(9)13-14(18-19-15(13)16)11-7-4-8-12(20)17-11/h2-8H,1H3,(H,17,20)(H3,16,18,19). The van der Waals surface area contributed by atoms with E-state index in [0.717, 1.165) is 22.4 Å². The zero-order valence-corrected chi connectivity index (χ0v) is 11.0. The Morgan fingerprint density at radius 2 is 1.90 bits per heavy atom. The first kappa shape index (κ1) is 12.2. The Labute approximate surface area is 115 Å². The summed E-state index contributed by atoms with van der Waals surface area (Å²) in [5, 5.41) is 6.97. The number of nitrogens with two attached hydrogens (primary N) is 1. The van der Waals surface area contributed by atoms with Crippen LogP contribution >= 0.6 is 0 Å². The zero-order valence-electron chi connectivity index (χ0n) is 11.0. The minimum absolute atomic E-state index is 0.161. The maximum Gasteiger partial charge on any atom is 0.248 e. The smallest absolute Gasteiger partial charge is 0.248 e. The first-order valence-corrected chi connectivity index (χ1v) is 6.26. The van der Waals surface area contributed by atoms with Gasteiger partial charge in [-0.05, 0) is 24.1 Å². The molecular formula is C15H14N4O. The SMILES string of the molecule is Cc1ccccc1-c1c(N)n[nH]c1-c1cccc(=O)[nH]1. The summed E-state index contributed by atoms with van der Waals surface area (Å²) in [6.07, 6.45) is 0. The maximum atomic E-state index is 11.5. The van der Waals surface area contributed by atoms with Crippen LogP contribution < -0.4 is 11.3 Å². The molecule has 100 valence electrons. The number of pyridine rings is 1. The fourth-order valence-electron chi connectivity index (χ4n) is 2.27. The van der Waals surface area contributed by atoms with Crippen LogP contribution in [0.2, 0.25) is 0 Å². The average Bonchev–Trinajstić information content (AvgIpc) is 2.81. The molecule has 1 aromatic carbocycles. The summed E-state index contributed by atoms with van der Waals surface area (Å²) in [5.41, 5.74) is 10.1. The highest BCUT2D eigenvalue weighted by atomic mass is 16.1. The molecule has 2 aromatic heterocycles. The number of hydrogen-bond donors (Lipinski definition) is 3. The molecule has 0 saturated carbocycles. The quantitative estimate of drug-likeness (QED) is 0.665. The lowest BCUT2D eigenvalue weighted by Gasteiger charge is -2.07. The van der Waals surface area contributed by atoms with Crippen LogP contribution in [0.5, 0.6) is 0 Å². The van der Waals surface area contributed by atoms with Crippen molar-refractivity contribution in [2.24, 2.45) is 0 Å². The summed E-state index contributed by atoms with van der Waals surface area (Å²) in [4.78, 5) is 14.2.